The van der Waals surface area contributed by atoms with Crippen molar-refractivity contribution in [1.29, 1.82) is 0 Å². The van der Waals surface area contributed by atoms with Gasteiger partial charge >= 0.3 is 12.1 Å². The van der Waals surface area contributed by atoms with Crippen LogP contribution in [0.3, 0.4) is 0 Å². The van der Waals surface area contributed by atoms with Crippen LogP contribution in [0.5, 0.6) is 11.5 Å². The minimum Gasteiger partial charge on any atom is -0.493 e. The summed E-state index contributed by atoms with van der Waals surface area (Å²) in [5, 5.41) is 13.4. The molecule has 0 unspecified atom stereocenters. The summed E-state index contributed by atoms with van der Waals surface area (Å²) in [4.78, 5) is 25.4. The van der Waals surface area contributed by atoms with Gasteiger partial charge in [0.25, 0.3) is 0 Å². The zero-order valence-electron chi connectivity index (χ0n) is 19.0. The van der Waals surface area contributed by atoms with Gasteiger partial charge in [-0.1, -0.05) is 66.7 Å². The predicted octanol–water partition coefficient (Wildman–Crippen LogP) is 3.78. The molecule has 2 N–H and O–H groups in total. The van der Waals surface area contributed by atoms with Gasteiger partial charge < -0.3 is 29.4 Å². The van der Waals surface area contributed by atoms with E-state index in [0.29, 0.717) is 17.1 Å². The van der Waals surface area contributed by atoms with Gasteiger partial charge in [0, 0.05) is 0 Å². The number of hydrogen-bond donors (Lipinski definition) is 2. The third-order valence-corrected chi connectivity index (χ3v) is 5.03. The number of hydrogen-bond acceptors (Lipinski definition) is 7. The summed E-state index contributed by atoms with van der Waals surface area (Å²) in [5.41, 5.74) is 1.87. The Morgan fingerprint density at radius 3 is 1.91 bits per heavy atom. The van der Waals surface area contributed by atoms with Crippen LogP contribution < -0.4 is 14.8 Å². The maximum Gasteiger partial charge on any atom is 0.408 e. The first-order valence-electron chi connectivity index (χ1n) is 10.6. The fourth-order valence-corrected chi connectivity index (χ4v) is 3.21. The number of aliphatic hydroxyl groups is 1. The molecular formula is C26H27NO7. The van der Waals surface area contributed by atoms with E-state index in [1.807, 2.05) is 36.4 Å². The van der Waals surface area contributed by atoms with Gasteiger partial charge in [0.1, 0.15) is 19.3 Å². The first-order valence-corrected chi connectivity index (χ1v) is 10.6. The molecule has 0 aromatic heterocycles. The summed E-state index contributed by atoms with van der Waals surface area (Å²) in [6.07, 6.45) is -2.31. The number of benzene rings is 3. The second-order valence-corrected chi connectivity index (χ2v) is 7.34. The van der Waals surface area contributed by atoms with Crippen LogP contribution in [0.15, 0.2) is 78.9 Å². The highest BCUT2D eigenvalue weighted by atomic mass is 16.6. The zero-order valence-corrected chi connectivity index (χ0v) is 19.0. The molecule has 8 heteroatoms. The van der Waals surface area contributed by atoms with E-state index in [4.69, 9.17) is 18.9 Å². The molecule has 0 aliphatic rings. The van der Waals surface area contributed by atoms with Crippen molar-refractivity contribution in [3.8, 4) is 11.5 Å². The van der Waals surface area contributed by atoms with Gasteiger partial charge in [-0.25, -0.2) is 9.59 Å². The maximum atomic E-state index is 12.9. The molecule has 8 nitrogen and oxygen atoms in total. The summed E-state index contributed by atoms with van der Waals surface area (Å²) >= 11 is 0. The molecule has 2 atom stereocenters. The Hall–Kier alpha value is -4.04. The average molecular weight is 466 g/mol. The van der Waals surface area contributed by atoms with Crippen LogP contribution in [0, 0.1) is 0 Å². The van der Waals surface area contributed by atoms with Crippen LogP contribution in [-0.4, -0.2) is 37.4 Å². The molecule has 3 aromatic carbocycles. The Morgan fingerprint density at radius 2 is 1.35 bits per heavy atom. The lowest BCUT2D eigenvalue weighted by Gasteiger charge is -2.23. The largest absolute Gasteiger partial charge is 0.493 e. The van der Waals surface area contributed by atoms with E-state index in [9.17, 15) is 14.7 Å². The molecule has 1 amide bonds. The predicted molar refractivity (Wildman–Crippen MR) is 124 cm³/mol. The van der Waals surface area contributed by atoms with E-state index in [1.165, 1.54) is 20.3 Å². The zero-order chi connectivity index (χ0) is 24.3. The van der Waals surface area contributed by atoms with Crippen molar-refractivity contribution in [2.45, 2.75) is 25.4 Å². The second kappa shape index (κ2) is 12.3. The number of methoxy groups -OCH3 is 2. The van der Waals surface area contributed by atoms with E-state index < -0.39 is 24.2 Å². The fourth-order valence-electron chi connectivity index (χ4n) is 3.21. The number of ether oxygens (including phenoxy) is 4. The van der Waals surface area contributed by atoms with Crippen LogP contribution in [0.2, 0.25) is 0 Å². The van der Waals surface area contributed by atoms with Crippen molar-refractivity contribution in [2.24, 2.45) is 0 Å². The summed E-state index contributed by atoms with van der Waals surface area (Å²) in [6.45, 7) is -0.0134. The Bertz CT molecular complexity index is 1070. The molecule has 0 radical (unpaired) electrons. The second-order valence-electron chi connectivity index (χ2n) is 7.34. The lowest BCUT2D eigenvalue weighted by Crippen LogP contribution is -2.46. The summed E-state index contributed by atoms with van der Waals surface area (Å²) in [6, 6.07) is 21.4. The van der Waals surface area contributed by atoms with Gasteiger partial charge in [0.05, 0.1) is 14.2 Å². The maximum absolute atomic E-state index is 12.9. The molecule has 0 spiro atoms. The van der Waals surface area contributed by atoms with E-state index in [2.05, 4.69) is 5.32 Å². The lowest BCUT2D eigenvalue weighted by molar-refractivity contribution is -0.150. The van der Waals surface area contributed by atoms with Gasteiger partial charge in [-0.15, -0.1) is 0 Å². The van der Waals surface area contributed by atoms with Gasteiger partial charge in [-0.2, -0.15) is 0 Å². The van der Waals surface area contributed by atoms with Crippen LogP contribution in [-0.2, 0) is 27.5 Å². The van der Waals surface area contributed by atoms with Gasteiger partial charge in [-0.3, -0.25) is 0 Å². The van der Waals surface area contributed by atoms with Crippen molar-refractivity contribution in [1.82, 2.24) is 5.32 Å². The average Bonchev–Trinajstić information content (AvgIpc) is 2.89. The SMILES string of the molecule is COc1ccc([C@@H](O)[C@H](NC(=O)OCc2ccccc2)C(=O)OCc2ccccc2)cc1OC. The van der Waals surface area contributed by atoms with Crippen LogP contribution in [0.25, 0.3) is 0 Å². The van der Waals surface area contributed by atoms with Gasteiger partial charge in [-0.05, 0) is 28.8 Å². The molecular weight excluding hydrogens is 438 g/mol. The minimum atomic E-state index is -1.44. The molecule has 34 heavy (non-hydrogen) atoms. The third kappa shape index (κ3) is 6.73. The first-order chi connectivity index (χ1) is 16.5. The highest BCUT2D eigenvalue weighted by molar-refractivity contribution is 5.82. The number of carbonyl (C=O) groups is 2. The number of rotatable bonds is 10. The number of esters is 1. The standard InChI is InChI=1S/C26H27NO7/c1-31-21-14-13-20(15-22(21)32-2)24(28)23(25(29)33-16-18-9-5-3-6-10-18)27-26(30)34-17-19-11-7-4-8-12-19/h3-15,23-24,28H,16-17H2,1-2H3,(H,27,30)/t23-,24+/m0/s1. The topological polar surface area (TPSA) is 103 Å². The minimum absolute atomic E-state index is 0.00487. The van der Waals surface area contributed by atoms with E-state index in [0.717, 1.165) is 11.1 Å². The van der Waals surface area contributed by atoms with Crippen LogP contribution in [0.4, 0.5) is 4.79 Å². The molecule has 3 rings (SSSR count). The van der Waals surface area contributed by atoms with Crippen molar-refractivity contribution in [3.05, 3.63) is 95.6 Å². The summed E-state index contributed by atoms with van der Waals surface area (Å²) in [5.74, 6) is 0.00166. The fraction of sp³-hybridized carbons (Fsp3) is 0.231. The van der Waals surface area contributed by atoms with E-state index in [-0.39, 0.29) is 13.2 Å². The summed E-state index contributed by atoms with van der Waals surface area (Å²) in [7, 11) is 2.95. The number of alkyl carbamates (subject to hydrolysis) is 1. The molecule has 178 valence electrons. The smallest absolute Gasteiger partial charge is 0.408 e. The first kappa shape index (κ1) is 24.6. The van der Waals surface area contributed by atoms with Crippen LogP contribution in [0.1, 0.15) is 22.8 Å². The highest BCUT2D eigenvalue weighted by Crippen LogP contribution is 2.31. The third-order valence-electron chi connectivity index (χ3n) is 5.03. The van der Waals surface area contributed by atoms with Crippen molar-refractivity contribution < 1.29 is 33.6 Å². The van der Waals surface area contributed by atoms with Gasteiger partial charge in [0.2, 0.25) is 0 Å². The molecule has 0 bridgehead atoms. The Kier molecular flexibility index (Phi) is 8.88. The Morgan fingerprint density at radius 1 is 0.794 bits per heavy atom. The number of aliphatic hydroxyl groups excluding tert-OH is 1. The lowest BCUT2D eigenvalue weighted by atomic mass is 10.0. The quantitative estimate of drug-likeness (QED) is 0.439. The normalized spacial score (nSPS) is 12.2. The number of nitrogens with one attached hydrogen (secondary N) is 1. The molecule has 0 saturated heterocycles. The van der Waals surface area contributed by atoms with Crippen molar-refractivity contribution >= 4 is 12.1 Å². The van der Waals surface area contributed by atoms with Gasteiger partial charge in [0.15, 0.2) is 17.5 Å². The van der Waals surface area contributed by atoms with Crippen molar-refractivity contribution in [2.75, 3.05) is 14.2 Å². The number of carbonyl (C=O) groups excluding carboxylic acids is 2. The van der Waals surface area contributed by atoms with Crippen molar-refractivity contribution in [3.63, 3.8) is 0 Å². The molecule has 0 fully saturated rings. The number of amides is 1. The monoisotopic (exact) mass is 465 g/mol. The highest BCUT2D eigenvalue weighted by Gasteiger charge is 2.32. The molecule has 0 saturated carbocycles. The Labute approximate surface area is 198 Å². The molecule has 0 aliphatic carbocycles. The summed E-state index contributed by atoms with van der Waals surface area (Å²) < 4.78 is 21.1. The Balaban J connectivity index is 1.75. The molecule has 3 aromatic rings. The van der Waals surface area contributed by atoms with Crippen LogP contribution >= 0.6 is 0 Å². The van der Waals surface area contributed by atoms with E-state index >= 15 is 0 Å². The van der Waals surface area contributed by atoms with E-state index in [1.54, 1.807) is 36.4 Å². The molecule has 0 aliphatic heterocycles. The molecule has 0 heterocycles.